The second-order valence-electron chi connectivity index (χ2n) is 4.07. The molecule has 1 aliphatic heterocycles. The molecule has 1 aromatic rings. The van der Waals surface area contributed by atoms with Crippen LogP contribution in [0.3, 0.4) is 0 Å². The van der Waals surface area contributed by atoms with Crippen LogP contribution in [0.1, 0.15) is 30.8 Å². The zero-order chi connectivity index (χ0) is 11.9. The average Bonchev–Trinajstić information content (AvgIpc) is 2.73. The highest BCUT2D eigenvalue weighted by Crippen LogP contribution is 2.27. The largest absolute Gasteiger partial charge is 0.268 e. The van der Waals surface area contributed by atoms with Crippen molar-refractivity contribution in [2.24, 2.45) is 0 Å². The van der Waals surface area contributed by atoms with Gasteiger partial charge in [0.25, 0.3) is 0 Å². The van der Waals surface area contributed by atoms with Crippen molar-refractivity contribution in [1.29, 1.82) is 0 Å². The fraction of sp³-hybridized carbons (Fsp3) is 0.700. The summed E-state index contributed by atoms with van der Waals surface area (Å²) in [6, 6.07) is 0. The molecule has 5 nitrogen and oxygen atoms in total. The molecule has 0 saturated carbocycles. The molecule has 1 aliphatic rings. The van der Waals surface area contributed by atoms with E-state index in [-0.39, 0.29) is 0 Å². The Bertz CT molecular complexity index is 476. The normalized spacial score (nSPS) is 16.7. The lowest BCUT2D eigenvalue weighted by molar-refractivity contribution is 0.421. The van der Waals surface area contributed by atoms with Crippen LogP contribution in [0.15, 0.2) is 0 Å². The molecule has 0 spiro atoms. The molecule has 90 valence electrons. The van der Waals surface area contributed by atoms with Crippen LogP contribution in [0.2, 0.25) is 0 Å². The van der Waals surface area contributed by atoms with Gasteiger partial charge in [-0.15, -0.1) is 0 Å². The van der Waals surface area contributed by atoms with E-state index < -0.39 is 10.0 Å². The van der Waals surface area contributed by atoms with Gasteiger partial charge in [-0.05, 0) is 13.3 Å². The number of hydrogen-bond donors (Lipinski definition) is 0. The summed E-state index contributed by atoms with van der Waals surface area (Å²) < 4.78 is 26.4. The van der Waals surface area contributed by atoms with E-state index in [0.717, 1.165) is 29.9 Å². The molecule has 0 radical (unpaired) electrons. The maximum Gasteiger partial charge on any atom is 0.211 e. The van der Waals surface area contributed by atoms with Crippen molar-refractivity contribution in [2.45, 2.75) is 39.9 Å². The van der Waals surface area contributed by atoms with Gasteiger partial charge in [0.1, 0.15) is 0 Å². The van der Waals surface area contributed by atoms with Gasteiger partial charge in [-0.1, -0.05) is 6.92 Å². The molecule has 6 heteroatoms. The Kier molecular flexibility index (Phi) is 2.79. The first kappa shape index (κ1) is 11.6. The molecule has 0 unspecified atom stereocenters. The van der Waals surface area contributed by atoms with Crippen LogP contribution in [0, 0.1) is 0 Å². The number of rotatable bonds is 3. The molecule has 2 heterocycles. The Morgan fingerprint density at radius 1 is 1.31 bits per heavy atom. The zero-order valence-corrected chi connectivity index (χ0v) is 10.7. The third-order valence-corrected chi connectivity index (χ3v) is 4.21. The van der Waals surface area contributed by atoms with Gasteiger partial charge in [-0.25, -0.2) is 8.42 Å². The van der Waals surface area contributed by atoms with Gasteiger partial charge in [-0.3, -0.25) is 4.68 Å². The minimum absolute atomic E-state index is 0.467. The van der Waals surface area contributed by atoms with Gasteiger partial charge in [0.15, 0.2) is 0 Å². The van der Waals surface area contributed by atoms with Crippen molar-refractivity contribution in [3.63, 3.8) is 0 Å². The minimum atomic E-state index is -3.10. The highest BCUT2D eigenvalue weighted by Gasteiger charge is 2.31. The van der Waals surface area contributed by atoms with Crippen LogP contribution in [0.5, 0.6) is 0 Å². The number of hydrogen-bond acceptors (Lipinski definition) is 3. The summed E-state index contributed by atoms with van der Waals surface area (Å²) in [5.74, 6) is 0. The van der Waals surface area contributed by atoms with Gasteiger partial charge >= 0.3 is 0 Å². The maximum absolute atomic E-state index is 11.5. The van der Waals surface area contributed by atoms with Crippen molar-refractivity contribution in [2.75, 3.05) is 6.26 Å². The van der Waals surface area contributed by atoms with E-state index >= 15 is 0 Å². The van der Waals surface area contributed by atoms with Crippen LogP contribution < -0.4 is 0 Å². The lowest BCUT2D eigenvalue weighted by Gasteiger charge is -2.12. The molecule has 0 bridgehead atoms. The van der Waals surface area contributed by atoms with E-state index in [1.54, 1.807) is 0 Å². The molecule has 0 N–H and O–H groups in total. The molecular formula is C10H17N3O2S. The fourth-order valence-electron chi connectivity index (χ4n) is 2.13. The predicted molar refractivity (Wildman–Crippen MR) is 61.4 cm³/mol. The quantitative estimate of drug-likeness (QED) is 0.787. The van der Waals surface area contributed by atoms with Gasteiger partial charge in [0.2, 0.25) is 10.0 Å². The van der Waals surface area contributed by atoms with Crippen LogP contribution in [-0.4, -0.2) is 28.8 Å². The Hall–Kier alpha value is -0.880. The summed E-state index contributed by atoms with van der Waals surface area (Å²) in [7, 11) is -3.10. The monoisotopic (exact) mass is 243 g/mol. The molecule has 0 saturated heterocycles. The average molecular weight is 243 g/mol. The number of nitrogens with zero attached hydrogens (tertiary/aromatic N) is 3. The lowest BCUT2D eigenvalue weighted by Crippen LogP contribution is -2.25. The van der Waals surface area contributed by atoms with Gasteiger partial charge < -0.3 is 0 Å². The lowest BCUT2D eigenvalue weighted by atomic mass is 10.2. The van der Waals surface area contributed by atoms with Crippen LogP contribution in [0.4, 0.5) is 0 Å². The molecule has 2 rings (SSSR count). The molecule has 0 aromatic carbocycles. The SMILES string of the molecule is CCc1nn(CC)c2c1CN(S(C)(=O)=O)C2. The molecule has 1 aromatic heterocycles. The number of aromatic nitrogens is 2. The van der Waals surface area contributed by atoms with E-state index in [0.29, 0.717) is 13.1 Å². The van der Waals surface area contributed by atoms with E-state index in [1.807, 2.05) is 18.5 Å². The van der Waals surface area contributed by atoms with Crippen LogP contribution in [0.25, 0.3) is 0 Å². The van der Waals surface area contributed by atoms with E-state index in [1.165, 1.54) is 10.6 Å². The van der Waals surface area contributed by atoms with Crippen LogP contribution >= 0.6 is 0 Å². The van der Waals surface area contributed by atoms with Crippen molar-refractivity contribution in [3.05, 3.63) is 17.0 Å². The number of sulfonamides is 1. The van der Waals surface area contributed by atoms with Crippen molar-refractivity contribution >= 4 is 10.0 Å². The number of fused-ring (bicyclic) bond motifs is 1. The minimum Gasteiger partial charge on any atom is -0.268 e. The smallest absolute Gasteiger partial charge is 0.211 e. The molecule has 0 aliphatic carbocycles. The molecular weight excluding hydrogens is 226 g/mol. The Morgan fingerprint density at radius 2 is 2.00 bits per heavy atom. The first-order chi connectivity index (χ1) is 7.47. The summed E-state index contributed by atoms with van der Waals surface area (Å²) in [6.45, 7) is 5.81. The summed E-state index contributed by atoms with van der Waals surface area (Å²) in [6.07, 6.45) is 2.11. The topological polar surface area (TPSA) is 55.2 Å². The number of aryl methyl sites for hydroxylation is 2. The fourth-order valence-corrected chi connectivity index (χ4v) is 2.85. The van der Waals surface area contributed by atoms with Crippen LogP contribution in [-0.2, 0) is 36.1 Å². The van der Waals surface area contributed by atoms with Crippen molar-refractivity contribution < 1.29 is 8.42 Å². The highest BCUT2D eigenvalue weighted by atomic mass is 32.2. The standard InChI is InChI=1S/C10H17N3O2S/c1-4-9-8-6-12(16(3,14)15)7-10(8)13(5-2)11-9/h4-7H2,1-3H3. The van der Waals surface area contributed by atoms with Crippen molar-refractivity contribution in [1.82, 2.24) is 14.1 Å². The van der Waals surface area contributed by atoms with E-state index in [2.05, 4.69) is 5.10 Å². The van der Waals surface area contributed by atoms with Gasteiger partial charge in [-0.2, -0.15) is 9.40 Å². The van der Waals surface area contributed by atoms with E-state index in [4.69, 9.17) is 0 Å². The molecule has 0 atom stereocenters. The first-order valence-electron chi connectivity index (χ1n) is 5.49. The second-order valence-corrected chi connectivity index (χ2v) is 6.05. The summed E-state index contributed by atoms with van der Waals surface area (Å²) in [5, 5.41) is 4.48. The summed E-state index contributed by atoms with van der Waals surface area (Å²) in [4.78, 5) is 0. The zero-order valence-electron chi connectivity index (χ0n) is 9.89. The maximum atomic E-state index is 11.5. The third-order valence-electron chi connectivity index (χ3n) is 3.01. The van der Waals surface area contributed by atoms with E-state index in [9.17, 15) is 8.42 Å². The second kappa shape index (κ2) is 3.85. The van der Waals surface area contributed by atoms with Gasteiger partial charge in [0, 0.05) is 18.7 Å². The Balaban J connectivity index is 2.40. The predicted octanol–water partition coefficient (Wildman–Crippen LogP) is 0.741. The Labute approximate surface area is 96.1 Å². The molecule has 0 fully saturated rings. The summed E-state index contributed by atoms with van der Waals surface area (Å²) in [5.41, 5.74) is 3.20. The summed E-state index contributed by atoms with van der Waals surface area (Å²) >= 11 is 0. The molecule has 16 heavy (non-hydrogen) atoms. The highest BCUT2D eigenvalue weighted by molar-refractivity contribution is 7.88. The Morgan fingerprint density at radius 3 is 2.50 bits per heavy atom. The first-order valence-corrected chi connectivity index (χ1v) is 7.34. The molecule has 0 amide bonds. The van der Waals surface area contributed by atoms with Gasteiger partial charge in [0.05, 0.1) is 24.2 Å². The third kappa shape index (κ3) is 1.76. The van der Waals surface area contributed by atoms with Crippen molar-refractivity contribution in [3.8, 4) is 0 Å².